The summed E-state index contributed by atoms with van der Waals surface area (Å²) in [6, 6.07) is 0. The monoisotopic (exact) mass is 273 g/mol. The normalized spacial score (nSPS) is 23.4. The van der Waals surface area contributed by atoms with Crippen LogP contribution < -0.4 is 10.2 Å². The number of aromatic nitrogens is 1. The van der Waals surface area contributed by atoms with Crippen molar-refractivity contribution in [1.82, 2.24) is 10.3 Å². The Bertz CT molecular complexity index is 486. The van der Waals surface area contributed by atoms with Crippen LogP contribution in [0.2, 0.25) is 0 Å². The molecule has 7 heteroatoms. The molecular weight excluding hydrogens is 258 g/mol. The maximum atomic E-state index is 11.4. The Hall–Kier alpha value is -0.660. The standard InChI is InChI=1S/C10H15N3O2S2/c14-17(15)5-3-13(4-6-17)10-12-8-1-2-11-7-9(8)16-10/h11H,1-7H2. The lowest BCUT2D eigenvalue weighted by Gasteiger charge is -2.25. The number of fused-ring (bicyclic) bond motifs is 1. The van der Waals surface area contributed by atoms with Crippen molar-refractivity contribution >= 4 is 26.3 Å². The molecule has 0 amide bonds. The summed E-state index contributed by atoms with van der Waals surface area (Å²) in [7, 11) is -2.80. The Labute approximate surface area is 105 Å². The van der Waals surface area contributed by atoms with E-state index in [4.69, 9.17) is 0 Å². The number of rotatable bonds is 1. The van der Waals surface area contributed by atoms with Crippen molar-refractivity contribution in [3.63, 3.8) is 0 Å². The lowest BCUT2D eigenvalue weighted by atomic mass is 10.2. The van der Waals surface area contributed by atoms with Crippen LogP contribution in [-0.4, -0.2) is 44.5 Å². The van der Waals surface area contributed by atoms with Crippen LogP contribution in [0.3, 0.4) is 0 Å². The lowest BCUT2D eigenvalue weighted by Crippen LogP contribution is -2.40. The largest absolute Gasteiger partial charge is 0.346 e. The first-order valence-corrected chi connectivity index (χ1v) is 8.42. The van der Waals surface area contributed by atoms with E-state index in [2.05, 4.69) is 15.2 Å². The Kier molecular flexibility index (Phi) is 2.84. The molecule has 0 spiro atoms. The fourth-order valence-corrected chi connectivity index (χ4v) is 4.48. The highest BCUT2D eigenvalue weighted by Crippen LogP contribution is 2.29. The van der Waals surface area contributed by atoms with Crippen molar-refractivity contribution in [2.45, 2.75) is 13.0 Å². The van der Waals surface area contributed by atoms with Crippen LogP contribution >= 0.6 is 11.3 Å². The third-order valence-electron chi connectivity index (χ3n) is 3.21. The number of nitrogens with one attached hydrogen (secondary N) is 1. The van der Waals surface area contributed by atoms with E-state index in [9.17, 15) is 8.42 Å². The van der Waals surface area contributed by atoms with Gasteiger partial charge in [0.1, 0.15) is 0 Å². The Morgan fingerprint density at radius 3 is 2.76 bits per heavy atom. The quantitative estimate of drug-likeness (QED) is 0.782. The highest BCUT2D eigenvalue weighted by Gasteiger charge is 2.25. The molecule has 0 aromatic carbocycles. The van der Waals surface area contributed by atoms with Crippen LogP contribution in [0.25, 0.3) is 0 Å². The van der Waals surface area contributed by atoms with Gasteiger partial charge in [0, 0.05) is 37.5 Å². The number of nitrogens with zero attached hydrogens (tertiary/aromatic N) is 2. The highest BCUT2D eigenvalue weighted by molar-refractivity contribution is 7.91. The van der Waals surface area contributed by atoms with E-state index in [-0.39, 0.29) is 11.5 Å². The zero-order chi connectivity index (χ0) is 11.9. The van der Waals surface area contributed by atoms with Crippen LogP contribution in [0.15, 0.2) is 0 Å². The fraction of sp³-hybridized carbons (Fsp3) is 0.700. The van der Waals surface area contributed by atoms with Gasteiger partial charge in [-0.05, 0) is 0 Å². The van der Waals surface area contributed by atoms with E-state index in [1.165, 1.54) is 10.6 Å². The van der Waals surface area contributed by atoms with Gasteiger partial charge in [0.25, 0.3) is 0 Å². The first-order chi connectivity index (χ1) is 8.14. The predicted octanol–water partition coefficient (Wildman–Crippen LogP) is 0.0236. The van der Waals surface area contributed by atoms with Crippen molar-refractivity contribution in [2.75, 3.05) is 36.0 Å². The van der Waals surface area contributed by atoms with Crippen LogP contribution in [0, 0.1) is 0 Å². The third kappa shape index (κ3) is 2.31. The topological polar surface area (TPSA) is 62.3 Å². The molecule has 1 aromatic rings. The second-order valence-electron chi connectivity index (χ2n) is 4.43. The SMILES string of the molecule is O=S1(=O)CCN(c2nc3c(s2)CNCC3)CC1. The summed E-state index contributed by atoms with van der Waals surface area (Å²) < 4.78 is 22.7. The zero-order valence-corrected chi connectivity index (χ0v) is 11.1. The van der Waals surface area contributed by atoms with Crippen molar-refractivity contribution in [3.05, 3.63) is 10.6 Å². The molecule has 17 heavy (non-hydrogen) atoms. The summed E-state index contributed by atoms with van der Waals surface area (Å²) in [6.07, 6.45) is 0.984. The molecule has 94 valence electrons. The summed E-state index contributed by atoms with van der Waals surface area (Å²) in [5.41, 5.74) is 1.19. The first-order valence-electron chi connectivity index (χ1n) is 5.79. The molecule has 1 aromatic heterocycles. The maximum Gasteiger partial charge on any atom is 0.185 e. The third-order valence-corrected chi connectivity index (χ3v) is 5.97. The molecule has 3 heterocycles. The van der Waals surface area contributed by atoms with E-state index in [1.54, 1.807) is 11.3 Å². The molecule has 1 fully saturated rings. The van der Waals surface area contributed by atoms with Gasteiger partial charge >= 0.3 is 0 Å². The maximum absolute atomic E-state index is 11.4. The summed E-state index contributed by atoms with van der Waals surface area (Å²) in [4.78, 5) is 8.04. The zero-order valence-electron chi connectivity index (χ0n) is 9.48. The van der Waals surface area contributed by atoms with Gasteiger partial charge in [-0.25, -0.2) is 13.4 Å². The van der Waals surface area contributed by atoms with E-state index < -0.39 is 9.84 Å². The summed E-state index contributed by atoms with van der Waals surface area (Å²) >= 11 is 1.70. The van der Waals surface area contributed by atoms with Gasteiger partial charge in [-0.15, -0.1) is 11.3 Å². The molecule has 0 unspecified atom stereocenters. The Morgan fingerprint density at radius 2 is 2.06 bits per heavy atom. The van der Waals surface area contributed by atoms with E-state index in [0.29, 0.717) is 13.1 Å². The summed E-state index contributed by atoms with van der Waals surface area (Å²) in [5, 5.41) is 4.32. The molecular formula is C10H15N3O2S2. The molecule has 0 aliphatic carbocycles. The molecule has 0 radical (unpaired) electrons. The van der Waals surface area contributed by atoms with Gasteiger partial charge in [0.2, 0.25) is 0 Å². The van der Waals surface area contributed by atoms with Crippen LogP contribution in [-0.2, 0) is 22.8 Å². The van der Waals surface area contributed by atoms with Gasteiger partial charge in [0.15, 0.2) is 15.0 Å². The Morgan fingerprint density at radius 1 is 1.29 bits per heavy atom. The summed E-state index contributed by atoms with van der Waals surface area (Å²) in [5.74, 6) is 0.519. The Balaban J connectivity index is 1.79. The molecule has 5 nitrogen and oxygen atoms in total. The average Bonchev–Trinajstić information content (AvgIpc) is 2.72. The van der Waals surface area contributed by atoms with Crippen molar-refractivity contribution in [2.24, 2.45) is 0 Å². The van der Waals surface area contributed by atoms with Gasteiger partial charge < -0.3 is 10.2 Å². The molecule has 3 rings (SSSR count). The van der Waals surface area contributed by atoms with Crippen molar-refractivity contribution in [3.8, 4) is 0 Å². The van der Waals surface area contributed by atoms with E-state index in [0.717, 1.165) is 24.6 Å². The van der Waals surface area contributed by atoms with Crippen LogP contribution in [0.1, 0.15) is 10.6 Å². The lowest BCUT2D eigenvalue weighted by molar-refractivity contribution is 0.586. The van der Waals surface area contributed by atoms with Gasteiger partial charge in [-0.3, -0.25) is 0 Å². The molecule has 1 saturated heterocycles. The highest BCUT2D eigenvalue weighted by atomic mass is 32.2. The first kappa shape index (κ1) is 11.4. The molecule has 0 bridgehead atoms. The van der Waals surface area contributed by atoms with Crippen molar-refractivity contribution in [1.29, 1.82) is 0 Å². The van der Waals surface area contributed by atoms with Gasteiger partial charge in [-0.1, -0.05) is 0 Å². The van der Waals surface area contributed by atoms with Gasteiger partial charge in [0.05, 0.1) is 17.2 Å². The van der Waals surface area contributed by atoms with Crippen molar-refractivity contribution < 1.29 is 8.42 Å². The number of hydrogen-bond donors (Lipinski definition) is 1. The molecule has 2 aliphatic rings. The van der Waals surface area contributed by atoms with Gasteiger partial charge in [-0.2, -0.15) is 0 Å². The minimum absolute atomic E-state index is 0.259. The predicted molar refractivity (Wildman–Crippen MR) is 68.4 cm³/mol. The molecule has 2 aliphatic heterocycles. The second kappa shape index (κ2) is 4.22. The number of anilines is 1. The smallest absolute Gasteiger partial charge is 0.185 e. The fourth-order valence-electron chi connectivity index (χ4n) is 2.15. The van der Waals surface area contributed by atoms with Crippen LogP contribution in [0.4, 0.5) is 5.13 Å². The number of sulfone groups is 1. The molecule has 0 atom stereocenters. The second-order valence-corrected chi connectivity index (χ2v) is 7.80. The van der Waals surface area contributed by atoms with E-state index in [1.807, 2.05) is 0 Å². The summed E-state index contributed by atoms with van der Waals surface area (Å²) in [6.45, 7) is 3.06. The number of hydrogen-bond acceptors (Lipinski definition) is 6. The minimum atomic E-state index is -2.80. The van der Waals surface area contributed by atoms with E-state index >= 15 is 0 Å². The average molecular weight is 273 g/mol. The minimum Gasteiger partial charge on any atom is -0.346 e. The molecule has 0 saturated carbocycles. The van der Waals surface area contributed by atoms with Crippen LogP contribution in [0.5, 0.6) is 0 Å². The number of thiazole rings is 1. The molecule has 1 N–H and O–H groups in total.